The number of nitrogens with zero attached hydrogens (tertiary/aromatic N) is 1. The summed E-state index contributed by atoms with van der Waals surface area (Å²) in [5, 5.41) is 6.87. The van der Waals surface area contributed by atoms with Gasteiger partial charge in [-0.05, 0) is 23.3 Å². The van der Waals surface area contributed by atoms with Crippen LogP contribution < -0.4 is 5.32 Å². The molecule has 4 heteroatoms. The van der Waals surface area contributed by atoms with Gasteiger partial charge in [-0.2, -0.15) is 0 Å². The molecule has 0 aliphatic carbocycles. The van der Waals surface area contributed by atoms with Gasteiger partial charge in [0.25, 0.3) is 0 Å². The Bertz CT molecular complexity index is 371. The monoisotopic (exact) mass is 268 g/mol. The lowest BCUT2D eigenvalue weighted by Gasteiger charge is -2.25. The van der Waals surface area contributed by atoms with Crippen LogP contribution in [0.2, 0.25) is 0 Å². The third-order valence-corrected chi connectivity index (χ3v) is 5.06. The predicted molar refractivity (Wildman–Crippen MR) is 79.0 cm³/mol. The summed E-state index contributed by atoms with van der Waals surface area (Å²) in [6.45, 7) is 7.74. The van der Waals surface area contributed by atoms with E-state index in [1.54, 1.807) is 0 Å². The van der Waals surface area contributed by atoms with E-state index in [2.05, 4.69) is 48.6 Å². The molecule has 2 atom stereocenters. The van der Waals surface area contributed by atoms with Gasteiger partial charge in [0, 0.05) is 17.2 Å². The van der Waals surface area contributed by atoms with E-state index in [-0.39, 0.29) is 0 Å². The van der Waals surface area contributed by atoms with Gasteiger partial charge in [-0.25, -0.2) is 0 Å². The Hall–Kier alpha value is -0.480. The van der Waals surface area contributed by atoms with Crippen molar-refractivity contribution in [2.75, 3.05) is 12.3 Å². The van der Waals surface area contributed by atoms with E-state index in [4.69, 9.17) is 0 Å². The first-order valence-corrected chi connectivity index (χ1v) is 8.00. The number of hydrogen-bond donors (Lipinski definition) is 1. The van der Waals surface area contributed by atoms with E-state index >= 15 is 0 Å². The van der Waals surface area contributed by atoms with Crippen molar-refractivity contribution < 1.29 is 0 Å². The number of nitrogens with one attached hydrogen (secondary N) is 1. The van der Waals surface area contributed by atoms with Gasteiger partial charge >= 0.3 is 0 Å². The molecule has 0 saturated carbocycles. The highest BCUT2D eigenvalue weighted by Gasteiger charge is 2.20. The van der Waals surface area contributed by atoms with Crippen molar-refractivity contribution in [3.63, 3.8) is 0 Å². The SMILES string of the molecule is CC1CN=C(NC(c2cccs2)C(C)C)SC1. The fourth-order valence-electron chi connectivity index (χ4n) is 1.81. The number of hydrogen-bond acceptors (Lipinski definition) is 4. The summed E-state index contributed by atoms with van der Waals surface area (Å²) in [5.74, 6) is 2.47. The Morgan fingerprint density at radius 2 is 2.29 bits per heavy atom. The highest BCUT2D eigenvalue weighted by molar-refractivity contribution is 8.13. The van der Waals surface area contributed by atoms with Gasteiger partial charge in [-0.1, -0.05) is 38.6 Å². The molecule has 17 heavy (non-hydrogen) atoms. The van der Waals surface area contributed by atoms with E-state index in [1.807, 2.05) is 23.1 Å². The zero-order valence-corrected chi connectivity index (χ0v) is 12.3. The molecule has 0 amide bonds. The first kappa shape index (κ1) is 13.0. The third-order valence-electron chi connectivity index (χ3n) is 2.85. The Labute approximate surface area is 112 Å². The minimum absolute atomic E-state index is 0.398. The fourth-order valence-corrected chi connectivity index (χ4v) is 3.69. The lowest BCUT2D eigenvalue weighted by atomic mass is 10.0. The van der Waals surface area contributed by atoms with Gasteiger partial charge in [0.15, 0.2) is 5.17 Å². The van der Waals surface area contributed by atoms with Crippen LogP contribution in [0.4, 0.5) is 0 Å². The minimum Gasteiger partial charge on any atom is -0.357 e. The summed E-state index contributed by atoms with van der Waals surface area (Å²) >= 11 is 3.68. The Morgan fingerprint density at radius 1 is 1.47 bits per heavy atom. The first-order chi connectivity index (χ1) is 8.16. The minimum atomic E-state index is 0.398. The number of amidine groups is 1. The largest absolute Gasteiger partial charge is 0.357 e. The normalized spacial score (nSPS) is 22.4. The van der Waals surface area contributed by atoms with Crippen molar-refractivity contribution in [1.82, 2.24) is 5.32 Å². The van der Waals surface area contributed by atoms with Gasteiger partial charge in [0.05, 0.1) is 6.04 Å². The summed E-state index contributed by atoms with van der Waals surface area (Å²) in [7, 11) is 0. The molecule has 0 fully saturated rings. The molecule has 0 spiro atoms. The molecule has 2 rings (SSSR count). The molecule has 1 N–H and O–H groups in total. The van der Waals surface area contributed by atoms with Crippen molar-refractivity contribution in [1.29, 1.82) is 0 Å². The second kappa shape index (κ2) is 5.91. The summed E-state index contributed by atoms with van der Waals surface area (Å²) in [5.41, 5.74) is 0. The van der Waals surface area contributed by atoms with Gasteiger partial charge in [-0.3, -0.25) is 4.99 Å². The first-order valence-electron chi connectivity index (χ1n) is 6.14. The van der Waals surface area contributed by atoms with Crippen LogP contribution in [0.3, 0.4) is 0 Å². The lowest BCUT2D eigenvalue weighted by molar-refractivity contribution is 0.479. The van der Waals surface area contributed by atoms with Crippen LogP contribution in [0.5, 0.6) is 0 Å². The van der Waals surface area contributed by atoms with Crippen molar-refractivity contribution >= 4 is 28.3 Å². The van der Waals surface area contributed by atoms with E-state index < -0.39 is 0 Å². The van der Waals surface area contributed by atoms with Crippen LogP contribution in [0, 0.1) is 11.8 Å². The van der Waals surface area contributed by atoms with Crippen LogP contribution in [0.15, 0.2) is 22.5 Å². The van der Waals surface area contributed by atoms with E-state index in [0.29, 0.717) is 17.9 Å². The number of rotatable bonds is 3. The second-order valence-corrected chi connectivity index (χ2v) is 6.93. The quantitative estimate of drug-likeness (QED) is 0.902. The maximum atomic E-state index is 4.62. The molecule has 0 radical (unpaired) electrons. The van der Waals surface area contributed by atoms with E-state index in [9.17, 15) is 0 Å². The lowest BCUT2D eigenvalue weighted by Crippen LogP contribution is -2.32. The fraction of sp³-hybridized carbons (Fsp3) is 0.615. The number of thiophene rings is 1. The molecule has 1 aliphatic rings. The van der Waals surface area contributed by atoms with Crippen LogP contribution in [-0.2, 0) is 0 Å². The third kappa shape index (κ3) is 3.49. The Kier molecular flexibility index (Phi) is 4.51. The van der Waals surface area contributed by atoms with Gasteiger partial charge in [0.2, 0.25) is 0 Å². The van der Waals surface area contributed by atoms with Crippen LogP contribution in [0.1, 0.15) is 31.7 Å². The molecular weight excluding hydrogens is 248 g/mol. The summed E-state index contributed by atoms with van der Waals surface area (Å²) < 4.78 is 0. The predicted octanol–water partition coefficient (Wildman–Crippen LogP) is 3.77. The molecule has 2 nitrogen and oxygen atoms in total. The van der Waals surface area contributed by atoms with Crippen molar-refractivity contribution in [2.45, 2.75) is 26.8 Å². The molecule has 0 bridgehead atoms. The standard InChI is InChI=1S/C13H20N2S2/c1-9(2)12(11-5-4-6-16-11)15-13-14-7-10(3)8-17-13/h4-6,9-10,12H,7-8H2,1-3H3,(H,14,15). The topological polar surface area (TPSA) is 24.4 Å². The molecular formula is C13H20N2S2. The van der Waals surface area contributed by atoms with Crippen LogP contribution in [-0.4, -0.2) is 17.5 Å². The molecule has 2 heterocycles. The Balaban J connectivity index is 2.04. The molecule has 1 aliphatic heterocycles. The molecule has 2 unspecified atom stereocenters. The highest BCUT2D eigenvalue weighted by atomic mass is 32.2. The van der Waals surface area contributed by atoms with Crippen molar-refractivity contribution in [3.05, 3.63) is 22.4 Å². The van der Waals surface area contributed by atoms with Gasteiger partial charge in [-0.15, -0.1) is 11.3 Å². The average Bonchev–Trinajstić information content (AvgIpc) is 2.81. The van der Waals surface area contributed by atoms with Gasteiger partial charge in [0.1, 0.15) is 0 Å². The van der Waals surface area contributed by atoms with E-state index in [0.717, 1.165) is 11.7 Å². The zero-order valence-electron chi connectivity index (χ0n) is 10.6. The van der Waals surface area contributed by atoms with E-state index in [1.165, 1.54) is 10.6 Å². The molecule has 0 saturated heterocycles. The van der Waals surface area contributed by atoms with Gasteiger partial charge < -0.3 is 5.32 Å². The molecule has 0 aromatic carbocycles. The second-order valence-electron chi connectivity index (χ2n) is 4.94. The highest BCUT2D eigenvalue weighted by Crippen LogP contribution is 2.27. The Morgan fingerprint density at radius 3 is 2.82 bits per heavy atom. The average molecular weight is 268 g/mol. The maximum absolute atomic E-state index is 4.62. The molecule has 94 valence electrons. The summed E-state index contributed by atoms with van der Waals surface area (Å²) in [4.78, 5) is 6.02. The summed E-state index contributed by atoms with van der Waals surface area (Å²) in [6, 6.07) is 4.73. The van der Waals surface area contributed by atoms with Crippen LogP contribution in [0.25, 0.3) is 0 Å². The number of thioether (sulfide) groups is 1. The van der Waals surface area contributed by atoms with Crippen molar-refractivity contribution in [2.24, 2.45) is 16.8 Å². The molecule has 1 aromatic rings. The molecule has 1 aromatic heterocycles. The zero-order chi connectivity index (χ0) is 12.3. The number of aliphatic imine (C=N–C) groups is 1. The van der Waals surface area contributed by atoms with Crippen LogP contribution >= 0.6 is 23.1 Å². The smallest absolute Gasteiger partial charge is 0.157 e. The van der Waals surface area contributed by atoms with Crippen molar-refractivity contribution in [3.8, 4) is 0 Å². The summed E-state index contributed by atoms with van der Waals surface area (Å²) in [6.07, 6.45) is 0. The maximum Gasteiger partial charge on any atom is 0.157 e.